The van der Waals surface area contributed by atoms with Gasteiger partial charge in [-0.2, -0.15) is 0 Å². The van der Waals surface area contributed by atoms with Crippen molar-refractivity contribution < 1.29 is 9.47 Å². The number of ether oxygens (including phenoxy) is 2. The van der Waals surface area contributed by atoms with E-state index in [9.17, 15) is 0 Å². The highest BCUT2D eigenvalue weighted by molar-refractivity contribution is 5.46. The average molecular weight is 261 g/mol. The van der Waals surface area contributed by atoms with Crippen LogP contribution in [0.1, 0.15) is 44.1 Å². The molecule has 1 aromatic carbocycles. The summed E-state index contributed by atoms with van der Waals surface area (Å²) >= 11 is 0. The van der Waals surface area contributed by atoms with E-state index in [4.69, 9.17) is 15.2 Å². The van der Waals surface area contributed by atoms with Crippen molar-refractivity contribution in [1.29, 1.82) is 0 Å². The summed E-state index contributed by atoms with van der Waals surface area (Å²) in [5.41, 5.74) is 7.52. The predicted octanol–water partition coefficient (Wildman–Crippen LogP) is 3.01. The van der Waals surface area contributed by atoms with Crippen molar-refractivity contribution in [3.05, 3.63) is 23.8 Å². The molecule has 0 radical (unpaired) electrons. The number of hydrogen-bond donors (Lipinski definition) is 1. The summed E-state index contributed by atoms with van der Waals surface area (Å²) in [6.45, 7) is 0.721. The van der Waals surface area contributed by atoms with Crippen LogP contribution in [0.3, 0.4) is 0 Å². The summed E-state index contributed by atoms with van der Waals surface area (Å²) in [6.07, 6.45) is 7.66. The summed E-state index contributed by atoms with van der Waals surface area (Å²) in [6, 6.07) is 6.37. The SMILES string of the molecule is COc1cc(C2(CN)CCCC2)ccc1OC1CC1. The van der Waals surface area contributed by atoms with Gasteiger partial charge >= 0.3 is 0 Å². The second-order valence-corrected chi connectivity index (χ2v) is 5.87. The molecule has 19 heavy (non-hydrogen) atoms. The van der Waals surface area contributed by atoms with Crippen LogP contribution in [0.15, 0.2) is 18.2 Å². The van der Waals surface area contributed by atoms with E-state index in [0.29, 0.717) is 6.10 Å². The Balaban J connectivity index is 1.89. The van der Waals surface area contributed by atoms with Crippen molar-refractivity contribution in [2.75, 3.05) is 13.7 Å². The van der Waals surface area contributed by atoms with Crippen LogP contribution in [0, 0.1) is 0 Å². The molecule has 0 amide bonds. The van der Waals surface area contributed by atoms with Crippen LogP contribution in [-0.4, -0.2) is 19.8 Å². The number of benzene rings is 1. The van der Waals surface area contributed by atoms with Crippen molar-refractivity contribution in [2.45, 2.75) is 50.0 Å². The van der Waals surface area contributed by atoms with E-state index in [1.165, 1.54) is 31.2 Å². The Labute approximate surface area is 115 Å². The van der Waals surface area contributed by atoms with E-state index >= 15 is 0 Å². The largest absolute Gasteiger partial charge is 0.493 e. The van der Waals surface area contributed by atoms with Gasteiger partial charge in [0.15, 0.2) is 11.5 Å². The molecule has 3 rings (SSSR count). The highest BCUT2D eigenvalue weighted by Crippen LogP contribution is 2.43. The van der Waals surface area contributed by atoms with Gasteiger partial charge in [0, 0.05) is 12.0 Å². The van der Waals surface area contributed by atoms with Crippen LogP contribution in [0.2, 0.25) is 0 Å². The Kier molecular flexibility index (Phi) is 3.40. The van der Waals surface area contributed by atoms with Crippen molar-refractivity contribution in [3.8, 4) is 11.5 Å². The lowest BCUT2D eigenvalue weighted by Gasteiger charge is -2.28. The molecule has 104 valence electrons. The Morgan fingerprint density at radius 2 is 1.95 bits per heavy atom. The molecule has 2 fully saturated rings. The molecule has 0 aromatic heterocycles. The fourth-order valence-electron chi connectivity index (χ4n) is 3.12. The van der Waals surface area contributed by atoms with E-state index in [1.54, 1.807) is 7.11 Å². The Bertz CT molecular complexity index is 448. The zero-order valence-electron chi connectivity index (χ0n) is 11.7. The average Bonchev–Trinajstić information content (AvgIpc) is 3.13. The van der Waals surface area contributed by atoms with Gasteiger partial charge in [0.05, 0.1) is 13.2 Å². The third-order valence-corrected chi connectivity index (χ3v) is 4.55. The molecule has 3 nitrogen and oxygen atoms in total. The molecule has 2 aliphatic rings. The van der Waals surface area contributed by atoms with Gasteiger partial charge in [0.25, 0.3) is 0 Å². The first-order valence-electron chi connectivity index (χ1n) is 7.33. The van der Waals surface area contributed by atoms with Crippen LogP contribution in [-0.2, 0) is 5.41 Å². The highest BCUT2D eigenvalue weighted by Gasteiger charge is 2.35. The van der Waals surface area contributed by atoms with Gasteiger partial charge in [0.1, 0.15) is 0 Å². The maximum atomic E-state index is 6.05. The van der Waals surface area contributed by atoms with E-state index in [0.717, 1.165) is 30.9 Å². The third-order valence-electron chi connectivity index (χ3n) is 4.55. The van der Waals surface area contributed by atoms with E-state index in [-0.39, 0.29) is 5.41 Å². The van der Waals surface area contributed by atoms with Gasteiger partial charge in [-0.25, -0.2) is 0 Å². The molecule has 0 aliphatic heterocycles. The first-order valence-corrected chi connectivity index (χ1v) is 7.33. The minimum absolute atomic E-state index is 0.158. The lowest BCUT2D eigenvalue weighted by molar-refractivity contribution is 0.281. The monoisotopic (exact) mass is 261 g/mol. The molecule has 2 aliphatic carbocycles. The summed E-state index contributed by atoms with van der Waals surface area (Å²) < 4.78 is 11.4. The molecule has 0 unspecified atom stereocenters. The lowest BCUT2D eigenvalue weighted by Crippen LogP contribution is -2.31. The Hall–Kier alpha value is -1.22. The molecule has 0 atom stereocenters. The summed E-state index contributed by atoms with van der Waals surface area (Å²) in [5, 5.41) is 0. The first-order chi connectivity index (χ1) is 9.27. The van der Waals surface area contributed by atoms with Gasteiger partial charge in [-0.3, -0.25) is 0 Å². The normalized spacial score (nSPS) is 21.4. The van der Waals surface area contributed by atoms with E-state index in [1.807, 2.05) is 0 Å². The van der Waals surface area contributed by atoms with Crippen LogP contribution >= 0.6 is 0 Å². The lowest BCUT2D eigenvalue weighted by atomic mass is 9.79. The Morgan fingerprint density at radius 3 is 2.53 bits per heavy atom. The predicted molar refractivity (Wildman–Crippen MR) is 75.8 cm³/mol. The van der Waals surface area contributed by atoms with E-state index < -0.39 is 0 Å². The Morgan fingerprint density at radius 1 is 1.21 bits per heavy atom. The molecule has 0 spiro atoms. The molecule has 1 aromatic rings. The fraction of sp³-hybridized carbons (Fsp3) is 0.625. The quantitative estimate of drug-likeness (QED) is 0.886. The minimum Gasteiger partial charge on any atom is -0.493 e. The number of hydrogen-bond acceptors (Lipinski definition) is 3. The van der Waals surface area contributed by atoms with Crippen LogP contribution in [0.4, 0.5) is 0 Å². The molecule has 0 saturated heterocycles. The van der Waals surface area contributed by atoms with Gasteiger partial charge < -0.3 is 15.2 Å². The van der Waals surface area contributed by atoms with Crippen molar-refractivity contribution >= 4 is 0 Å². The topological polar surface area (TPSA) is 44.5 Å². The van der Waals surface area contributed by atoms with Crippen molar-refractivity contribution in [2.24, 2.45) is 5.73 Å². The summed E-state index contributed by atoms with van der Waals surface area (Å²) in [4.78, 5) is 0. The zero-order valence-corrected chi connectivity index (χ0v) is 11.7. The smallest absolute Gasteiger partial charge is 0.161 e. The third kappa shape index (κ3) is 2.44. The van der Waals surface area contributed by atoms with Crippen LogP contribution < -0.4 is 15.2 Å². The second kappa shape index (κ2) is 5.04. The molecular weight excluding hydrogens is 238 g/mol. The fourth-order valence-corrected chi connectivity index (χ4v) is 3.12. The number of methoxy groups -OCH3 is 1. The van der Waals surface area contributed by atoms with Crippen LogP contribution in [0.25, 0.3) is 0 Å². The molecule has 0 bridgehead atoms. The summed E-state index contributed by atoms with van der Waals surface area (Å²) in [7, 11) is 1.71. The van der Waals surface area contributed by atoms with Gasteiger partial charge in [-0.15, -0.1) is 0 Å². The van der Waals surface area contributed by atoms with Gasteiger partial charge in [-0.1, -0.05) is 18.9 Å². The summed E-state index contributed by atoms with van der Waals surface area (Å²) in [5.74, 6) is 1.73. The second-order valence-electron chi connectivity index (χ2n) is 5.87. The molecule has 2 saturated carbocycles. The highest BCUT2D eigenvalue weighted by atomic mass is 16.5. The minimum atomic E-state index is 0.158. The van der Waals surface area contributed by atoms with E-state index in [2.05, 4.69) is 18.2 Å². The molecular formula is C16H23NO2. The van der Waals surface area contributed by atoms with Crippen molar-refractivity contribution in [3.63, 3.8) is 0 Å². The zero-order chi connectivity index (χ0) is 13.3. The van der Waals surface area contributed by atoms with Gasteiger partial charge in [0.2, 0.25) is 0 Å². The van der Waals surface area contributed by atoms with Gasteiger partial charge in [-0.05, 0) is 43.4 Å². The maximum absolute atomic E-state index is 6.05. The standard InChI is InChI=1S/C16H23NO2/c1-18-15-10-12(16(11-17)8-2-3-9-16)4-7-14(15)19-13-5-6-13/h4,7,10,13H,2-3,5-6,8-9,11,17H2,1H3. The van der Waals surface area contributed by atoms with Crippen molar-refractivity contribution in [1.82, 2.24) is 0 Å². The number of nitrogens with two attached hydrogens (primary N) is 1. The molecule has 2 N–H and O–H groups in total. The first kappa shape index (κ1) is 12.8. The molecule has 0 heterocycles. The van der Waals surface area contributed by atoms with Crippen LogP contribution in [0.5, 0.6) is 11.5 Å². The number of rotatable bonds is 5. The molecule has 3 heteroatoms. The maximum Gasteiger partial charge on any atom is 0.161 e.